The molecule has 3 heterocycles. The average molecular weight is 281 g/mol. The molecule has 3 nitrogen and oxygen atoms in total. The molecular formula is C15H21ClN2O. The Balaban J connectivity index is 1.56. The number of aliphatic hydroxyl groups is 1. The van der Waals surface area contributed by atoms with Crippen molar-refractivity contribution in [1.82, 2.24) is 10.2 Å². The van der Waals surface area contributed by atoms with Gasteiger partial charge in [-0.2, -0.15) is 0 Å². The Morgan fingerprint density at radius 2 is 2.05 bits per heavy atom. The maximum absolute atomic E-state index is 10.2. The van der Waals surface area contributed by atoms with E-state index in [1.54, 1.807) is 0 Å². The van der Waals surface area contributed by atoms with E-state index in [4.69, 9.17) is 11.6 Å². The molecule has 3 aliphatic rings. The van der Waals surface area contributed by atoms with Crippen molar-refractivity contribution in [2.75, 3.05) is 26.2 Å². The Kier molecular flexibility index (Phi) is 4.08. The smallest absolute Gasteiger partial charge is 0.0928 e. The molecule has 1 aromatic rings. The molecule has 0 amide bonds. The number of halogens is 1. The molecule has 3 fully saturated rings. The van der Waals surface area contributed by atoms with Crippen molar-refractivity contribution in [3.05, 3.63) is 34.9 Å². The molecule has 0 saturated carbocycles. The second-order valence-corrected chi connectivity index (χ2v) is 6.10. The van der Waals surface area contributed by atoms with Crippen LogP contribution in [0.3, 0.4) is 0 Å². The lowest BCUT2D eigenvalue weighted by Gasteiger charge is -2.45. The van der Waals surface area contributed by atoms with Gasteiger partial charge in [-0.3, -0.25) is 0 Å². The van der Waals surface area contributed by atoms with Gasteiger partial charge in [-0.25, -0.2) is 0 Å². The Bertz CT molecular complexity index is 432. The summed E-state index contributed by atoms with van der Waals surface area (Å²) in [5, 5.41) is 14.4. The summed E-state index contributed by atoms with van der Waals surface area (Å²) < 4.78 is 0. The standard InChI is InChI=1S/C15H21ClN2O/c16-13-4-2-1-3-12(13)15(19)9-17-14-10-18-7-5-11(14)6-8-18/h1-4,11,14-15,17,19H,5-10H2. The van der Waals surface area contributed by atoms with E-state index in [9.17, 15) is 5.11 Å². The fourth-order valence-corrected chi connectivity index (χ4v) is 3.58. The summed E-state index contributed by atoms with van der Waals surface area (Å²) in [6, 6.07) is 8.05. The Morgan fingerprint density at radius 1 is 1.32 bits per heavy atom. The summed E-state index contributed by atoms with van der Waals surface area (Å²) in [6.07, 6.45) is 2.06. The van der Waals surface area contributed by atoms with Crippen molar-refractivity contribution in [2.45, 2.75) is 25.0 Å². The van der Waals surface area contributed by atoms with Gasteiger partial charge in [0.15, 0.2) is 0 Å². The lowest BCUT2D eigenvalue weighted by Crippen LogP contribution is -2.56. The van der Waals surface area contributed by atoms with Gasteiger partial charge in [-0.1, -0.05) is 29.8 Å². The molecule has 0 radical (unpaired) electrons. The van der Waals surface area contributed by atoms with Crippen molar-refractivity contribution < 1.29 is 5.11 Å². The molecule has 3 aliphatic heterocycles. The summed E-state index contributed by atoms with van der Waals surface area (Å²) in [4.78, 5) is 2.51. The van der Waals surface area contributed by atoms with E-state index in [1.807, 2.05) is 24.3 Å². The van der Waals surface area contributed by atoms with E-state index in [0.29, 0.717) is 17.6 Å². The molecule has 1 aromatic carbocycles. The monoisotopic (exact) mass is 280 g/mol. The molecule has 2 N–H and O–H groups in total. The molecule has 4 rings (SSSR count). The van der Waals surface area contributed by atoms with E-state index in [2.05, 4.69) is 10.2 Å². The van der Waals surface area contributed by atoms with Gasteiger partial charge < -0.3 is 15.3 Å². The van der Waals surface area contributed by atoms with Crippen molar-refractivity contribution in [3.8, 4) is 0 Å². The highest BCUT2D eigenvalue weighted by atomic mass is 35.5. The van der Waals surface area contributed by atoms with Gasteiger partial charge in [0.25, 0.3) is 0 Å². The molecule has 104 valence electrons. The number of aliphatic hydroxyl groups excluding tert-OH is 1. The van der Waals surface area contributed by atoms with Gasteiger partial charge >= 0.3 is 0 Å². The summed E-state index contributed by atoms with van der Waals surface area (Å²) in [6.45, 7) is 4.20. The van der Waals surface area contributed by atoms with Gasteiger partial charge in [0, 0.05) is 29.7 Å². The molecule has 0 aliphatic carbocycles. The molecule has 2 bridgehead atoms. The third-order valence-electron chi connectivity index (χ3n) is 4.49. The van der Waals surface area contributed by atoms with Crippen LogP contribution in [0.1, 0.15) is 24.5 Å². The Hall–Kier alpha value is -0.610. The lowest BCUT2D eigenvalue weighted by molar-refractivity contribution is 0.0635. The van der Waals surface area contributed by atoms with E-state index in [0.717, 1.165) is 18.0 Å². The minimum absolute atomic E-state index is 0.524. The van der Waals surface area contributed by atoms with Gasteiger partial charge in [0.1, 0.15) is 0 Å². The number of benzene rings is 1. The Morgan fingerprint density at radius 3 is 2.68 bits per heavy atom. The third-order valence-corrected chi connectivity index (χ3v) is 4.84. The molecular weight excluding hydrogens is 260 g/mol. The molecule has 19 heavy (non-hydrogen) atoms. The summed E-state index contributed by atoms with van der Waals surface area (Å²) in [7, 11) is 0. The summed E-state index contributed by atoms with van der Waals surface area (Å²) >= 11 is 6.11. The molecule has 0 aromatic heterocycles. The van der Waals surface area contributed by atoms with Crippen LogP contribution in [0, 0.1) is 5.92 Å². The predicted molar refractivity (Wildman–Crippen MR) is 77.4 cm³/mol. The summed E-state index contributed by atoms with van der Waals surface area (Å²) in [5.74, 6) is 0.781. The highest BCUT2D eigenvalue weighted by Crippen LogP contribution is 2.28. The zero-order chi connectivity index (χ0) is 13.2. The molecule has 2 atom stereocenters. The van der Waals surface area contributed by atoms with E-state index < -0.39 is 6.10 Å². The number of hydrogen-bond donors (Lipinski definition) is 2. The van der Waals surface area contributed by atoms with Crippen molar-refractivity contribution in [3.63, 3.8) is 0 Å². The fourth-order valence-electron chi connectivity index (χ4n) is 3.31. The summed E-state index contributed by atoms with van der Waals surface area (Å²) in [5.41, 5.74) is 0.818. The number of nitrogens with zero attached hydrogens (tertiary/aromatic N) is 1. The van der Waals surface area contributed by atoms with Gasteiger partial charge in [-0.15, -0.1) is 0 Å². The number of rotatable bonds is 4. The average Bonchev–Trinajstić information content (AvgIpc) is 2.46. The van der Waals surface area contributed by atoms with Crippen LogP contribution in [0.15, 0.2) is 24.3 Å². The highest BCUT2D eigenvalue weighted by Gasteiger charge is 2.33. The zero-order valence-electron chi connectivity index (χ0n) is 11.1. The van der Waals surface area contributed by atoms with Crippen LogP contribution >= 0.6 is 11.6 Å². The van der Waals surface area contributed by atoms with Crippen molar-refractivity contribution in [1.29, 1.82) is 0 Å². The fraction of sp³-hybridized carbons (Fsp3) is 0.600. The zero-order valence-corrected chi connectivity index (χ0v) is 11.8. The van der Waals surface area contributed by atoms with E-state index in [1.165, 1.54) is 25.9 Å². The molecule has 4 heteroatoms. The maximum atomic E-state index is 10.2. The van der Waals surface area contributed by atoms with Gasteiger partial charge in [0.05, 0.1) is 6.10 Å². The normalized spacial score (nSPS) is 31.4. The highest BCUT2D eigenvalue weighted by molar-refractivity contribution is 6.31. The third kappa shape index (κ3) is 2.95. The topological polar surface area (TPSA) is 35.5 Å². The van der Waals surface area contributed by atoms with Gasteiger partial charge in [-0.05, 0) is 37.9 Å². The van der Waals surface area contributed by atoms with Crippen LogP contribution in [-0.2, 0) is 0 Å². The number of fused-ring (bicyclic) bond motifs is 3. The largest absolute Gasteiger partial charge is 0.387 e. The first-order chi connectivity index (χ1) is 9.24. The first-order valence-corrected chi connectivity index (χ1v) is 7.50. The first kappa shape index (κ1) is 13.4. The second-order valence-electron chi connectivity index (χ2n) is 5.69. The van der Waals surface area contributed by atoms with Crippen LogP contribution in [0.2, 0.25) is 5.02 Å². The van der Waals surface area contributed by atoms with Crippen LogP contribution in [0.4, 0.5) is 0 Å². The van der Waals surface area contributed by atoms with Crippen LogP contribution < -0.4 is 5.32 Å². The Labute approximate surface area is 119 Å². The SMILES string of the molecule is OC(CNC1CN2CCC1CC2)c1ccccc1Cl. The van der Waals surface area contributed by atoms with Crippen LogP contribution in [-0.4, -0.2) is 42.2 Å². The molecule has 2 unspecified atom stereocenters. The molecule has 3 saturated heterocycles. The number of nitrogens with one attached hydrogen (secondary N) is 1. The molecule has 0 spiro atoms. The minimum atomic E-state index is -0.524. The van der Waals surface area contributed by atoms with E-state index in [-0.39, 0.29) is 0 Å². The first-order valence-electron chi connectivity index (χ1n) is 7.12. The maximum Gasteiger partial charge on any atom is 0.0928 e. The number of hydrogen-bond acceptors (Lipinski definition) is 3. The second kappa shape index (κ2) is 5.80. The van der Waals surface area contributed by atoms with Crippen LogP contribution in [0.5, 0.6) is 0 Å². The van der Waals surface area contributed by atoms with E-state index >= 15 is 0 Å². The number of piperidine rings is 3. The van der Waals surface area contributed by atoms with Crippen LogP contribution in [0.25, 0.3) is 0 Å². The quantitative estimate of drug-likeness (QED) is 0.886. The van der Waals surface area contributed by atoms with Gasteiger partial charge in [0.2, 0.25) is 0 Å². The van der Waals surface area contributed by atoms with Crippen molar-refractivity contribution in [2.24, 2.45) is 5.92 Å². The lowest BCUT2D eigenvalue weighted by atomic mass is 9.84. The van der Waals surface area contributed by atoms with Crippen molar-refractivity contribution >= 4 is 11.6 Å². The minimum Gasteiger partial charge on any atom is -0.387 e. The predicted octanol–water partition coefficient (Wildman–Crippen LogP) is 2.06.